The highest BCUT2D eigenvalue weighted by Crippen LogP contribution is 2.19. The molecule has 1 aliphatic heterocycles. The predicted molar refractivity (Wildman–Crippen MR) is 134 cm³/mol. The first kappa shape index (κ1) is 27.7. The van der Waals surface area contributed by atoms with Crippen LogP contribution in [0, 0.1) is 5.92 Å². The Balaban J connectivity index is 1.84. The summed E-state index contributed by atoms with van der Waals surface area (Å²) in [6.07, 6.45) is 2.35. The van der Waals surface area contributed by atoms with Crippen LogP contribution in [0.4, 0.5) is 0 Å². The van der Waals surface area contributed by atoms with Crippen LogP contribution in [0.25, 0.3) is 10.9 Å². The summed E-state index contributed by atoms with van der Waals surface area (Å²) >= 11 is 0. The van der Waals surface area contributed by atoms with Gasteiger partial charge in [-0.05, 0) is 36.9 Å². The fraction of sp³-hybridized carbons (Fsp3) is 0.480. The normalized spacial score (nSPS) is 17.6. The summed E-state index contributed by atoms with van der Waals surface area (Å²) in [6.45, 7) is 3.92. The highest BCUT2D eigenvalue weighted by Gasteiger charge is 2.33. The quantitative estimate of drug-likeness (QED) is 0.208. The molecule has 0 bridgehead atoms. The molecule has 2 aromatic rings. The number of para-hydroxylation sites is 1. The maximum atomic E-state index is 13.2. The Kier molecular flexibility index (Phi) is 9.23. The van der Waals surface area contributed by atoms with Gasteiger partial charge in [0, 0.05) is 23.5 Å². The minimum atomic E-state index is -1.42. The number of carboxylic acids is 2. The van der Waals surface area contributed by atoms with Crippen LogP contribution < -0.4 is 21.3 Å². The Bertz CT molecular complexity index is 1160. The van der Waals surface area contributed by atoms with E-state index in [9.17, 15) is 34.2 Å². The number of nitrogens with one attached hydrogen (secondary N) is 5. The zero-order chi connectivity index (χ0) is 27.1. The van der Waals surface area contributed by atoms with Crippen molar-refractivity contribution in [1.29, 1.82) is 0 Å². The van der Waals surface area contributed by atoms with E-state index in [1.807, 2.05) is 24.3 Å². The van der Waals surface area contributed by atoms with Crippen LogP contribution in [0.2, 0.25) is 0 Å². The van der Waals surface area contributed by atoms with Crippen LogP contribution >= 0.6 is 0 Å². The number of aliphatic carboxylic acids is 2. The number of benzene rings is 1. The maximum Gasteiger partial charge on any atom is 0.326 e. The van der Waals surface area contributed by atoms with Crippen molar-refractivity contribution in [3.63, 3.8) is 0 Å². The van der Waals surface area contributed by atoms with Crippen LogP contribution in [-0.2, 0) is 30.4 Å². The summed E-state index contributed by atoms with van der Waals surface area (Å²) < 4.78 is 0. The minimum Gasteiger partial charge on any atom is -0.481 e. The number of aromatic amines is 1. The van der Waals surface area contributed by atoms with Crippen molar-refractivity contribution in [2.75, 3.05) is 6.54 Å². The molecule has 0 aliphatic carbocycles. The second-order valence-corrected chi connectivity index (χ2v) is 9.50. The van der Waals surface area contributed by atoms with Gasteiger partial charge in [-0.3, -0.25) is 19.2 Å². The van der Waals surface area contributed by atoms with Gasteiger partial charge in [0.15, 0.2) is 0 Å². The van der Waals surface area contributed by atoms with E-state index in [-0.39, 0.29) is 6.42 Å². The zero-order valence-corrected chi connectivity index (χ0v) is 20.7. The van der Waals surface area contributed by atoms with Crippen LogP contribution in [0.5, 0.6) is 0 Å². The van der Waals surface area contributed by atoms with Gasteiger partial charge in [-0.1, -0.05) is 32.0 Å². The molecule has 1 saturated heterocycles. The fourth-order valence-electron chi connectivity index (χ4n) is 4.33. The summed E-state index contributed by atoms with van der Waals surface area (Å²) in [6, 6.07) is 2.97. The lowest BCUT2D eigenvalue weighted by Crippen LogP contribution is -2.58. The molecule has 0 saturated carbocycles. The van der Waals surface area contributed by atoms with Crippen LogP contribution in [0.3, 0.4) is 0 Å². The smallest absolute Gasteiger partial charge is 0.326 e. The van der Waals surface area contributed by atoms with E-state index in [0.29, 0.717) is 18.5 Å². The number of amides is 3. The molecule has 4 unspecified atom stereocenters. The molecule has 200 valence electrons. The summed E-state index contributed by atoms with van der Waals surface area (Å²) in [5.74, 6) is -5.04. The van der Waals surface area contributed by atoms with Crippen molar-refractivity contribution in [2.24, 2.45) is 5.92 Å². The summed E-state index contributed by atoms with van der Waals surface area (Å²) in [5, 5.41) is 30.1. The molecule has 37 heavy (non-hydrogen) atoms. The molecule has 4 atom stereocenters. The first-order chi connectivity index (χ1) is 17.6. The average Bonchev–Trinajstić information content (AvgIpc) is 3.51. The molecule has 1 aromatic carbocycles. The molecular formula is C25H33N5O7. The van der Waals surface area contributed by atoms with Gasteiger partial charge < -0.3 is 36.5 Å². The zero-order valence-electron chi connectivity index (χ0n) is 20.7. The molecule has 2 heterocycles. The summed E-state index contributed by atoms with van der Waals surface area (Å²) in [5.41, 5.74) is 1.51. The maximum absolute atomic E-state index is 13.2. The molecule has 0 spiro atoms. The number of hydrogen-bond acceptors (Lipinski definition) is 6. The molecule has 0 radical (unpaired) electrons. The van der Waals surface area contributed by atoms with Gasteiger partial charge >= 0.3 is 11.9 Å². The lowest BCUT2D eigenvalue weighted by atomic mass is 10.0. The van der Waals surface area contributed by atoms with Crippen molar-refractivity contribution in [3.05, 3.63) is 36.0 Å². The molecule has 1 aliphatic rings. The fourth-order valence-corrected chi connectivity index (χ4v) is 4.33. The number of carboxylic acid groups (broad SMARTS) is 2. The van der Waals surface area contributed by atoms with Crippen LogP contribution in [-0.4, -0.2) is 75.6 Å². The Morgan fingerprint density at radius 1 is 1.00 bits per heavy atom. The molecule has 12 heteroatoms. The third kappa shape index (κ3) is 7.29. The molecule has 1 aromatic heterocycles. The van der Waals surface area contributed by atoms with E-state index in [0.717, 1.165) is 17.3 Å². The molecule has 3 rings (SSSR count). The summed E-state index contributed by atoms with van der Waals surface area (Å²) in [4.78, 5) is 65.2. The second kappa shape index (κ2) is 12.3. The van der Waals surface area contributed by atoms with Gasteiger partial charge in [-0.15, -0.1) is 0 Å². The molecule has 3 amide bonds. The Morgan fingerprint density at radius 2 is 1.70 bits per heavy atom. The SMILES string of the molecule is CC(C)C(NC(=O)C(Cc1c[nH]c2ccccc12)NC(=O)C(CC(=O)O)NC(=O)C1CCCN1)C(=O)O. The lowest BCUT2D eigenvalue weighted by Gasteiger charge is -2.25. The number of carbonyl (C=O) groups is 5. The molecule has 1 fully saturated rings. The third-order valence-corrected chi connectivity index (χ3v) is 6.35. The predicted octanol–water partition coefficient (Wildman–Crippen LogP) is 0.132. The van der Waals surface area contributed by atoms with E-state index in [1.54, 1.807) is 20.0 Å². The van der Waals surface area contributed by atoms with Crippen LogP contribution in [0.15, 0.2) is 30.5 Å². The van der Waals surface area contributed by atoms with E-state index in [2.05, 4.69) is 26.3 Å². The van der Waals surface area contributed by atoms with Crippen molar-refractivity contribution in [3.8, 4) is 0 Å². The van der Waals surface area contributed by atoms with Gasteiger partial charge in [0.25, 0.3) is 0 Å². The standard InChI is InChI=1S/C25H33N5O7/c1-13(2)21(25(36)37)30-24(35)18(10-14-12-27-16-7-4-3-6-15(14)16)28-23(34)19(11-20(31)32)29-22(33)17-8-5-9-26-17/h3-4,6-7,12-13,17-19,21,26-27H,5,8-11H2,1-2H3,(H,28,34)(H,29,33)(H,30,35)(H,31,32)(H,36,37). The van der Waals surface area contributed by atoms with Crippen molar-refractivity contribution >= 4 is 40.6 Å². The van der Waals surface area contributed by atoms with Gasteiger partial charge in [-0.25, -0.2) is 4.79 Å². The van der Waals surface area contributed by atoms with Crippen molar-refractivity contribution in [2.45, 2.75) is 63.7 Å². The van der Waals surface area contributed by atoms with Crippen molar-refractivity contribution < 1.29 is 34.2 Å². The molecule has 7 N–H and O–H groups in total. The Hall–Kier alpha value is -3.93. The number of fused-ring (bicyclic) bond motifs is 1. The first-order valence-electron chi connectivity index (χ1n) is 12.2. The van der Waals surface area contributed by atoms with E-state index in [4.69, 9.17) is 0 Å². The lowest BCUT2D eigenvalue weighted by molar-refractivity contribution is -0.144. The average molecular weight is 516 g/mol. The largest absolute Gasteiger partial charge is 0.481 e. The monoisotopic (exact) mass is 515 g/mol. The van der Waals surface area contributed by atoms with Gasteiger partial charge in [0.05, 0.1) is 12.5 Å². The number of rotatable bonds is 12. The number of carbonyl (C=O) groups excluding carboxylic acids is 3. The van der Waals surface area contributed by atoms with E-state index in [1.165, 1.54) is 0 Å². The number of aromatic nitrogens is 1. The van der Waals surface area contributed by atoms with Gasteiger partial charge in [-0.2, -0.15) is 0 Å². The summed E-state index contributed by atoms with van der Waals surface area (Å²) in [7, 11) is 0. The second-order valence-electron chi connectivity index (χ2n) is 9.50. The third-order valence-electron chi connectivity index (χ3n) is 6.35. The minimum absolute atomic E-state index is 0.00391. The Morgan fingerprint density at radius 3 is 2.32 bits per heavy atom. The number of H-pyrrole nitrogens is 1. The highest BCUT2D eigenvalue weighted by molar-refractivity contribution is 5.96. The van der Waals surface area contributed by atoms with E-state index < -0.39 is 66.2 Å². The van der Waals surface area contributed by atoms with Crippen molar-refractivity contribution in [1.82, 2.24) is 26.3 Å². The number of hydrogen-bond donors (Lipinski definition) is 7. The first-order valence-corrected chi connectivity index (χ1v) is 12.2. The van der Waals surface area contributed by atoms with Gasteiger partial charge in [0.2, 0.25) is 17.7 Å². The van der Waals surface area contributed by atoms with Crippen LogP contribution in [0.1, 0.15) is 38.7 Å². The highest BCUT2D eigenvalue weighted by atomic mass is 16.4. The molecular weight excluding hydrogens is 482 g/mol. The molecule has 12 nitrogen and oxygen atoms in total. The van der Waals surface area contributed by atoms with Gasteiger partial charge in [0.1, 0.15) is 18.1 Å². The van der Waals surface area contributed by atoms with E-state index >= 15 is 0 Å². The topological polar surface area (TPSA) is 190 Å². The Labute approximate surface area is 213 Å².